The molecular weight excluding hydrogens is 342 g/mol. The number of benzene rings is 1. The van der Waals surface area contributed by atoms with Crippen molar-refractivity contribution < 1.29 is 34.1 Å². The first kappa shape index (κ1) is 18.1. The standard InChI is InChI=1S/C18H21NO7/c1-24-14-7-6-11(8-15(14)25-12-4-2-3-5-12)13-9-18(17(22)23,26-19-13)10-16(20)21/h6-9,12,19H,2-5,10H2,1H3,(H,20,21)(H,22,23). The van der Waals surface area contributed by atoms with Crippen molar-refractivity contribution in [3.8, 4) is 11.5 Å². The molecule has 1 fully saturated rings. The molecule has 1 unspecified atom stereocenters. The second-order valence-electron chi connectivity index (χ2n) is 6.42. The number of carboxylic acids is 2. The molecule has 3 rings (SSSR count). The number of hydrogen-bond acceptors (Lipinski definition) is 6. The number of carboxylic acid groups (broad SMARTS) is 2. The minimum Gasteiger partial charge on any atom is -0.493 e. The van der Waals surface area contributed by atoms with Gasteiger partial charge in [0.1, 0.15) is 0 Å². The molecule has 0 saturated heterocycles. The van der Waals surface area contributed by atoms with Gasteiger partial charge >= 0.3 is 11.9 Å². The van der Waals surface area contributed by atoms with Crippen LogP contribution < -0.4 is 15.0 Å². The van der Waals surface area contributed by atoms with Crippen LogP contribution in [0.3, 0.4) is 0 Å². The number of nitrogens with one attached hydrogen (secondary N) is 1. The van der Waals surface area contributed by atoms with E-state index >= 15 is 0 Å². The molecule has 1 aliphatic carbocycles. The largest absolute Gasteiger partial charge is 0.493 e. The van der Waals surface area contributed by atoms with E-state index in [1.54, 1.807) is 25.3 Å². The highest BCUT2D eigenvalue weighted by atomic mass is 16.7. The van der Waals surface area contributed by atoms with Gasteiger partial charge in [-0.25, -0.2) is 4.79 Å². The third kappa shape index (κ3) is 3.60. The van der Waals surface area contributed by atoms with E-state index in [-0.39, 0.29) is 6.10 Å². The Morgan fingerprint density at radius 3 is 2.62 bits per heavy atom. The van der Waals surface area contributed by atoms with E-state index < -0.39 is 24.0 Å². The zero-order chi connectivity index (χ0) is 18.7. The van der Waals surface area contributed by atoms with Crippen molar-refractivity contribution in [1.82, 2.24) is 5.48 Å². The third-order valence-electron chi connectivity index (χ3n) is 4.57. The first-order valence-electron chi connectivity index (χ1n) is 8.40. The second kappa shape index (κ2) is 7.25. The van der Waals surface area contributed by atoms with Crippen LogP contribution in [0.15, 0.2) is 24.3 Å². The lowest BCUT2D eigenvalue weighted by atomic mass is 9.97. The van der Waals surface area contributed by atoms with Crippen molar-refractivity contribution in [2.45, 2.75) is 43.8 Å². The molecule has 0 aromatic heterocycles. The number of hydroxylamine groups is 1. The summed E-state index contributed by atoms with van der Waals surface area (Å²) >= 11 is 0. The summed E-state index contributed by atoms with van der Waals surface area (Å²) in [6, 6.07) is 5.18. The summed E-state index contributed by atoms with van der Waals surface area (Å²) < 4.78 is 11.4. The van der Waals surface area contributed by atoms with Crippen molar-refractivity contribution in [1.29, 1.82) is 0 Å². The molecule has 2 aliphatic rings. The highest BCUT2D eigenvalue weighted by Gasteiger charge is 2.45. The Kier molecular flexibility index (Phi) is 5.03. The van der Waals surface area contributed by atoms with Crippen LogP contribution in [0, 0.1) is 0 Å². The average molecular weight is 363 g/mol. The Hall–Kier alpha value is -2.74. The highest BCUT2D eigenvalue weighted by Crippen LogP contribution is 2.36. The second-order valence-corrected chi connectivity index (χ2v) is 6.42. The lowest BCUT2D eigenvalue weighted by Gasteiger charge is -2.17. The molecule has 1 aromatic rings. The quantitative estimate of drug-likeness (QED) is 0.675. The van der Waals surface area contributed by atoms with E-state index in [9.17, 15) is 14.7 Å². The minimum absolute atomic E-state index is 0.131. The lowest BCUT2D eigenvalue weighted by Crippen LogP contribution is -2.41. The Morgan fingerprint density at radius 1 is 1.27 bits per heavy atom. The zero-order valence-electron chi connectivity index (χ0n) is 14.4. The summed E-state index contributed by atoms with van der Waals surface area (Å²) in [5.41, 5.74) is 1.56. The maximum atomic E-state index is 11.5. The summed E-state index contributed by atoms with van der Waals surface area (Å²) in [7, 11) is 1.55. The minimum atomic E-state index is -1.95. The van der Waals surface area contributed by atoms with Crippen molar-refractivity contribution >= 4 is 17.6 Å². The number of carbonyl (C=O) groups is 2. The van der Waals surface area contributed by atoms with E-state index in [1.165, 1.54) is 6.08 Å². The van der Waals surface area contributed by atoms with Gasteiger partial charge in [0.25, 0.3) is 0 Å². The van der Waals surface area contributed by atoms with Gasteiger partial charge in [-0.15, -0.1) is 0 Å². The summed E-state index contributed by atoms with van der Waals surface area (Å²) in [6.07, 6.45) is 4.93. The molecule has 0 amide bonds. The van der Waals surface area contributed by atoms with Gasteiger partial charge < -0.3 is 19.7 Å². The van der Waals surface area contributed by atoms with Crippen LogP contribution in [0.25, 0.3) is 5.70 Å². The Labute approximate surface area is 150 Å². The van der Waals surface area contributed by atoms with E-state index in [0.717, 1.165) is 25.7 Å². The molecule has 0 radical (unpaired) electrons. The van der Waals surface area contributed by atoms with Crippen molar-refractivity contribution in [3.05, 3.63) is 29.8 Å². The first-order chi connectivity index (χ1) is 12.4. The fourth-order valence-electron chi connectivity index (χ4n) is 3.20. The van der Waals surface area contributed by atoms with Crippen LogP contribution in [0.4, 0.5) is 0 Å². The van der Waals surface area contributed by atoms with Gasteiger partial charge in [0, 0.05) is 5.56 Å². The SMILES string of the molecule is COc1ccc(C2=CC(CC(=O)O)(C(=O)O)ON2)cc1OC1CCCC1. The summed E-state index contributed by atoms with van der Waals surface area (Å²) in [4.78, 5) is 27.6. The molecule has 0 spiro atoms. The van der Waals surface area contributed by atoms with Crippen LogP contribution in [0.5, 0.6) is 11.5 Å². The first-order valence-corrected chi connectivity index (χ1v) is 8.40. The molecule has 8 nitrogen and oxygen atoms in total. The average Bonchev–Trinajstić information content (AvgIpc) is 3.25. The fourth-order valence-corrected chi connectivity index (χ4v) is 3.20. The predicted molar refractivity (Wildman–Crippen MR) is 90.7 cm³/mol. The normalized spacial score (nSPS) is 22.6. The van der Waals surface area contributed by atoms with Crippen LogP contribution in [-0.2, 0) is 14.4 Å². The number of rotatable bonds is 7. The molecular formula is C18H21NO7. The molecule has 0 bridgehead atoms. The molecule has 1 heterocycles. The molecule has 8 heteroatoms. The van der Waals surface area contributed by atoms with Crippen LogP contribution in [-0.4, -0.2) is 41.0 Å². The van der Waals surface area contributed by atoms with E-state index in [0.29, 0.717) is 22.8 Å². The Bertz CT molecular complexity index is 739. The van der Waals surface area contributed by atoms with Gasteiger partial charge in [-0.3, -0.25) is 15.1 Å². The summed E-state index contributed by atoms with van der Waals surface area (Å²) in [6.45, 7) is 0. The highest BCUT2D eigenvalue weighted by molar-refractivity contribution is 5.89. The van der Waals surface area contributed by atoms with E-state index in [1.807, 2.05) is 0 Å². The van der Waals surface area contributed by atoms with Crippen LogP contribution >= 0.6 is 0 Å². The lowest BCUT2D eigenvalue weighted by molar-refractivity contribution is -0.168. The van der Waals surface area contributed by atoms with Gasteiger partial charge in [0.2, 0.25) is 5.60 Å². The van der Waals surface area contributed by atoms with Crippen molar-refractivity contribution in [2.75, 3.05) is 7.11 Å². The maximum Gasteiger partial charge on any atom is 0.343 e. The van der Waals surface area contributed by atoms with Crippen molar-refractivity contribution in [2.24, 2.45) is 0 Å². The molecule has 3 N–H and O–H groups in total. The van der Waals surface area contributed by atoms with E-state index in [4.69, 9.17) is 19.4 Å². The predicted octanol–water partition coefficient (Wildman–Crippen LogP) is 2.19. The van der Waals surface area contributed by atoms with Gasteiger partial charge in [-0.2, -0.15) is 0 Å². The fraction of sp³-hybridized carbons (Fsp3) is 0.444. The number of ether oxygens (including phenoxy) is 2. The monoisotopic (exact) mass is 363 g/mol. The van der Waals surface area contributed by atoms with Crippen LogP contribution in [0.1, 0.15) is 37.7 Å². The van der Waals surface area contributed by atoms with Gasteiger partial charge in [-0.1, -0.05) is 0 Å². The maximum absolute atomic E-state index is 11.5. The zero-order valence-corrected chi connectivity index (χ0v) is 14.4. The Balaban J connectivity index is 1.89. The van der Waals surface area contributed by atoms with Gasteiger partial charge in [0.15, 0.2) is 11.5 Å². The molecule has 1 aliphatic heterocycles. The molecule has 26 heavy (non-hydrogen) atoms. The number of methoxy groups -OCH3 is 1. The van der Waals surface area contributed by atoms with Crippen LogP contribution in [0.2, 0.25) is 0 Å². The molecule has 1 aromatic carbocycles. The molecule has 1 saturated carbocycles. The third-order valence-corrected chi connectivity index (χ3v) is 4.57. The van der Waals surface area contributed by atoms with Gasteiger partial charge in [0.05, 0.1) is 25.3 Å². The van der Waals surface area contributed by atoms with E-state index in [2.05, 4.69) is 5.48 Å². The topological polar surface area (TPSA) is 114 Å². The molecule has 140 valence electrons. The van der Waals surface area contributed by atoms with Crippen molar-refractivity contribution in [3.63, 3.8) is 0 Å². The summed E-state index contributed by atoms with van der Waals surface area (Å²) in [5.74, 6) is -1.51. The number of hydrogen-bond donors (Lipinski definition) is 3. The smallest absolute Gasteiger partial charge is 0.343 e. The number of aliphatic carboxylic acids is 2. The summed E-state index contributed by atoms with van der Waals surface area (Å²) in [5, 5.41) is 18.4. The Morgan fingerprint density at radius 2 is 2.00 bits per heavy atom. The molecule has 1 atom stereocenters. The van der Waals surface area contributed by atoms with Gasteiger partial charge in [-0.05, 0) is 50.0 Å².